The number of amides is 2. The molecule has 0 radical (unpaired) electrons. The van der Waals surface area contributed by atoms with Gasteiger partial charge >= 0.3 is 12.6 Å². The van der Waals surface area contributed by atoms with E-state index >= 15 is 0 Å². The van der Waals surface area contributed by atoms with Gasteiger partial charge in [0.1, 0.15) is 10.9 Å². The summed E-state index contributed by atoms with van der Waals surface area (Å²) in [6, 6.07) is 4.46. The van der Waals surface area contributed by atoms with Crippen molar-refractivity contribution in [2.75, 3.05) is 18.0 Å². The van der Waals surface area contributed by atoms with Crippen molar-refractivity contribution in [1.82, 2.24) is 10.0 Å². The van der Waals surface area contributed by atoms with E-state index in [2.05, 4.69) is 10.1 Å². The highest BCUT2D eigenvalue weighted by molar-refractivity contribution is 7.89. The fraction of sp³-hybridized carbons (Fsp3) is 0.350. The molecule has 0 bridgehead atoms. The number of sulfonamides is 1. The van der Waals surface area contributed by atoms with Crippen LogP contribution in [-0.4, -0.2) is 57.1 Å². The minimum atomic E-state index is -4.76. The number of anilines is 1. The summed E-state index contributed by atoms with van der Waals surface area (Å²) >= 11 is 6.70. The first-order valence-electron chi connectivity index (χ1n) is 10.2. The van der Waals surface area contributed by atoms with Crippen molar-refractivity contribution >= 4 is 56.4 Å². The molecule has 0 spiro atoms. The van der Waals surface area contributed by atoms with Gasteiger partial charge in [-0.3, -0.25) is 14.4 Å². The molecular formula is C20H20ClF2N3O7S2. The molecule has 0 aliphatic carbocycles. The van der Waals surface area contributed by atoms with E-state index in [0.29, 0.717) is 17.2 Å². The van der Waals surface area contributed by atoms with Gasteiger partial charge in [0.15, 0.2) is 5.75 Å². The number of carboxylic acids is 1. The van der Waals surface area contributed by atoms with E-state index in [0.717, 1.165) is 22.3 Å². The SMILES string of the molecule is O=C(NCC(NS(=O)(=O)c1cccc(N2CCCCC2=O)c1OC(F)F)C(=O)O)c1ccc(Cl)s1. The maximum atomic E-state index is 13.2. The molecule has 3 rings (SSSR count). The first-order valence-corrected chi connectivity index (χ1v) is 12.8. The Hall–Kier alpha value is -2.81. The molecule has 190 valence electrons. The second-order valence-corrected chi connectivity index (χ2v) is 10.7. The first kappa shape index (κ1) is 26.8. The number of hydrogen-bond donors (Lipinski definition) is 3. The Kier molecular flexibility index (Phi) is 8.64. The Labute approximate surface area is 207 Å². The summed E-state index contributed by atoms with van der Waals surface area (Å²) in [5.74, 6) is -3.49. The van der Waals surface area contributed by atoms with E-state index in [1.807, 2.05) is 4.72 Å². The predicted octanol–water partition coefficient (Wildman–Crippen LogP) is 2.68. The molecule has 1 unspecified atom stereocenters. The summed E-state index contributed by atoms with van der Waals surface area (Å²) in [5, 5.41) is 11.8. The quantitative estimate of drug-likeness (QED) is 0.412. The zero-order valence-corrected chi connectivity index (χ0v) is 20.3. The lowest BCUT2D eigenvalue weighted by Gasteiger charge is -2.29. The highest BCUT2D eigenvalue weighted by Crippen LogP contribution is 2.37. The third-order valence-electron chi connectivity index (χ3n) is 4.93. The molecule has 1 aliphatic heterocycles. The maximum absolute atomic E-state index is 13.2. The number of carbonyl (C=O) groups excluding carboxylic acids is 2. The summed E-state index contributed by atoms with van der Waals surface area (Å²) < 4.78 is 59.2. The molecule has 1 fully saturated rings. The highest BCUT2D eigenvalue weighted by atomic mass is 35.5. The molecule has 1 atom stereocenters. The number of carboxylic acid groups (broad SMARTS) is 1. The monoisotopic (exact) mass is 551 g/mol. The zero-order chi connectivity index (χ0) is 25.8. The summed E-state index contributed by atoms with van der Waals surface area (Å²) in [7, 11) is -4.76. The number of halogens is 3. The molecule has 10 nitrogen and oxygen atoms in total. The van der Waals surface area contributed by atoms with E-state index in [1.54, 1.807) is 0 Å². The predicted molar refractivity (Wildman–Crippen MR) is 123 cm³/mol. The minimum Gasteiger partial charge on any atom is -0.480 e. The molecule has 15 heteroatoms. The van der Waals surface area contributed by atoms with Crippen LogP contribution < -0.4 is 19.7 Å². The number of aliphatic carboxylic acids is 1. The lowest BCUT2D eigenvalue weighted by Crippen LogP contribution is -2.48. The first-order chi connectivity index (χ1) is 16.5. The lowest BCUT2D eigenvalue weighted by atomic mass is 10.1. The van der Waals surface area contributed by atoms with Gasteiger partial charge < -0.3 is 20.1 Å². The number of alkyl halides is 2. The number of rotatable bonds is 10. The fourth-order valence-corrected chi connectivity index (χ4v) is 5.64. The van der Waals surface area contributed by atoms with Gasteiger partial charge in [-0.05, 0) is 37.1 Å². The van der Waals surface area contributed by atoms with Crippen LogP contribution in [0.5, 0.6) is 5.75 Å². The van der Waals surface area contributed by atoms with Crippen LogP contribution >= 0.6 is 22.9 Å². The number of piperidine rings is 1. The normalized spacial score (nSPS) is 15.2. The zero-order valence-electron chi connectivity index (χ0n) is 17.9. The van der Waals surface area contributed by atoms with Crippen LogP contribution in [0.3, 0.4) is 0 Å². The smallest absolute Gasteiger partial charge is 0.387 e. The van der Waals surface area contributed by atoms with E-state index < -0.39 is 57.7 Å². The molecule has 2 aromatic rings. The molecule has 0 saturated carbocycles. The number of benzene rings is 1. The standard InChI is InChI=1S/C20H20ClF2N3O7S2/c21-15-8-7-13(34-15)18(28)24-10-11(19(29)30)25-35(31,32)14-5-3-4-12(17(14)33-20(22)23)26-9-2-1-6-16(26)27/h3-5,7-8,11,20,25H,1-2,6,9-10H2,(H,24,28)(H,29,30). The average Bonchev–Trinajstić information content (AvgIpc) is 3.23. The number of ether oxygens (including phenoxy) is 1. The van der Waals surface area contributed by atoms with Gasteiger partial charge in [-0.1, -0.05) is 17.7 Å². The van der Waals surface area contributed by atoms with Crippen LogP contribution in [0.25, 0.3) is 0 Å². The Balaban J connectivity index is 1.88. The summed E-state index contributed by atoms with van der Waals surface area (Å²) in [5.41, 5.74) is -0.173. The number of para-hydroxylation sites is 1. The van der Waals surface area contributed by atoms with Gasteiger partial charge in [0.2, 0.25) is 15.9 Å². The van der Waals surface area contributed by atoms with Crippen molar-refractivity contribution in [2.24, 2.45) is 0 Å². The minimum absolute atomic E-state index is 0.152. The lowest BCUT2D eigenvalue weighted by molar-refractivity contribution is -0.138. The Morgan fingerprint density at radius 3 is 2.57 bits per heavy atom. The Morgan fingerprint density at radius 2 is 1.97 bits per heavy atom. The van der Waals surface area contributed by atoms with Crippen molar-refractivity contribution in [3.63, 3.8) is 0 Å². The number of nitrogens with zero attached hydrogens (tertiary/aromatic N) is 1. The van der Waals surface area contributed by atoms with Crippen LogP contribution in [-0.2, 0) is 19.6 Å². The molecule has 2 amide bonds. The maximum Gasteiger partial charge on any atom is 0.387 e. The molecular weight excluding hydrogens is 532 g/mol. The van der Waals surface area contributed by atoms with Crippen molar-refractivity contribution < 1.29 is 41.4 Å². The Morgan fingerprint density at radius 1 is 1.23 bits per heavy atom. The molecule has 1 saturated heterocycles. The molecule has 35 heavy (non-hydrogen) atoms. The summed E-state index contributed by atoms with van der Waals surface area (Å²) in [6.45, 7) is -3.90. The van der Waals surface area contributed by atoms with Crippen LogP contribution in [0, 0.1) is 0 Å². The number of carbonyl (C=O) groups is 3. The Bertz CT molecular complexity index is 1220. The van der Waals surface area contributed by atoms with E-state index in [4.69, 9.17) is 11.6 Å². The largest absolute Gasteiger partial charge is 0.480 e. The molecule has 1 aromatic heterocycles. The second-order valence-electron chi connectivity index (χ2n) is 7.31. The van der Waals surface area contributed by atoms with Crippen molar-refractivity contribution in [3.05, 3.63) is 39.5 Å². The molecule has 1 aliphatic rings. The highest BCUT2D eigenvalue weighted by Gasteiger charge is 2.33. The molecule has 2 heterocycles. The third-order valence-corrected chi connectivity index (χ3v) is 7.65. The van der Waals surface area contributed by atoms with Gasteiger partial charge in [-0.2, -0.15) is 13.5 Å². The third kappa shape index (κ3) is 6.66. The van der Waals surface area contributed by atoms with Crippen LogP contribution in [0.2, 0.25) is 4.34 Å². The second kappa shape index (κ2) is 11.3. The summed E-state index contributed by atoms with van der Waals surface area (Å²) in [4.78, 5) is 36.7. The van der Waals surface area contributed by atoms with Gasteiger partial charge in [0.05, 0.1) is 14.9 Å². The fourth-order valence-electron chi connectivity index (χ4n) is 3.34. The molecule has 1 aromatic carbocycles. The van der Waals surface area contributed by atoms with E-state index in [-0.39, 0.29) is 23.5 Å². The average molecular weight is 552 g/mol. The topological polar surface area (TPSA) is 142 Å². The van der Waals surface area contributed by atoms with Gasteiger partial charge in [0, 0.05) is 19.5 Å². The van der Waals surface area contributed by atoms with Crippen molar-refractivity contribution in [1.29, 1.82) is 0 Å². The van der Waals surface area contributed by atoms with Gasteiger partial charge in [0.25, 0.3) is 5.91 Å². The number of thiophene rings is 1. The number of nitrogens with one attached hydrogen (secondary N) is 2. The van der Waals surface area contributed by atoms with Gasteiger partial charge in [-0.15, -0.1) is 11.3 Å². The van der Waals surface area contributed by atoms with Gasteiger partial charge in [-0.25, -0.2) is 8.42 Å². The van der Waals surface area contributed by atoms with Crippen molar-refractivity contribution in [2.45, 2.75) is 36.8 Å². The summed E-state index contributed by atoms with van der Waals surface area (Å²) in [6.07, 6.45) is 1.33. The van der Waals surface area contributed by atoms with Crippen molar-refractivity contribution in [3.8, 4) is 5.75 Å². The van der Waals surface area contributed by atoms with E-state index in [1.165, 1.54) is 24.3 Å². The number of hydrogen-bond acceptors (Lipinski definition) is 7. The molecule has 3 N–H and O–H groups in total. The van der Waals surface area contributed by atoms with Crippen LogP contribution in [0.15, 0.2) is 35.2 Å². The van der Waals surface area contributed by atoms with Crippen LogP contribution in [0.1, 0.15) is 28.9 Å². The van der Waals surface area contributed by atoms with Crippen LogP contribution in [0.4, 0.5) is 14.5 Å². The van der Waals surface area contributed by atoms with E-state index in [9.17, 15) is 36.7 Å².